The highest BCUT2D eigenvalue weighted by atomic mass is 16.5. The highest BCUT2D eigenvalue weighted by Crippen LogP contribution is 2.46. The zero-order chi connectivity index (χ0) is 14.2. The fourth-order valence-corrected chi connectivity index (χ4v) is 3.71. The van der Waals surface area contributed by atoms with Crippen molar-refractivity contribution in [1.82, 2.24) is 4.90 Å². The maximum absolute atomic E-state index is 11.9. The molecule has 2 aliphatic rings. The summed E-state index contributed by atoms with van der Waals surface area (Å²) in [5, 5.41) is 0. The molecule has 1 amide bonds. The molecule has 4 heteroatoms. The Kier molecular flexibility index (Phi) is 3.24. The van der Waals surface area contributed by atoms with Gasteiger partial charge in [0.15, 0.2) is 0 Å². The summed E-state index contributed by atoms with van der Waals surface area (Å²) < 4.78 is 5.34. The minimum absolute atomic E-state index is 0.0545. The van der Waals surface area contributed by atoms with Crippen molar-refractivity contribution in [2.24, 2.45) is 5.92 Å². The van der Waals surface area contributed by atoms with Gasteiger partial charge in [0.05, 0.1) is 0 Å². The van der Waals surface area contributed by atoms with E-state index >= 15 is 0 Å². The molecule has 1 aromatic rings. The molecule has 0 bridgehead atoms. The van der Waals surface area contributed by atoms with Crippen LogP contribution in [0.1, 0.15) is 37.9 Å². The van der Waals surface area contributed by atoms with Crippen LogP contribution in [0.25, 0.3) is 0 Å². The van der Waals surface area contributed by atoms with E-state index in [-0.39, 0.29) is 23.5 Å². The van der Waals surface area contributed by atoms with E-state index < -0.39 is 0 Å². The molecule has 0 saturated carbocycles. The molecule has 20 heavy (non-hydrogen) atoms. The number of hydrogen-bond acceptors (Lipinski definition) is 3. The van der Waals surface area contributed by atoms with Crippen LogP contribution in [0.3, 0.4) is 0 Å². The summed E-state index contributed by atoms with van der Waals surface area (Å²) in [4.78, 5) is 24.7. The molecule has 3 rings (SSSR count). The molecule has 1 aromatic carbocycles. The molecule has 2 aliphatic heterocycles. The van der Waals surface area contributed by atoms with E-state index in [1.165, 1.54) is 0 Å². The van der Waals surface area contributed by atoms with Crippen LogP contribution < -0.4 is 0 Å². The largest absolute Gasteiger partial charge is 0.459 e. The number of fused-ring (bicyclic) bond motifs is 1. The van der Waals surface area contributed by atoms with Gasteiger partial charge >= 0.3 is 0 Å². The summed E-state index contributed by atoms with van der Waals surface area (Å²) in [6.07, 6.45) is 2.19. The Hall–Kier alpha value is -1.84. The fourth-order valence-electron chi connectivity index (χ4n) is 3.71. The number of benzene rings is 1. The lowest BCUT2D eigenvalue weighted by Gasteiger charge is -2.26. The first-order chi connectivity index (χ1) is 9.64. The van der Waals surface area contributed by atoms with Crippen LogP contribution in [0.5, 0.6) is 0 Å². The lowest BCUT2D eigenvalue weighted by atomic mass is 9.87. The van der Waals surface area contributed by atoms with Crippen LogP contribution in [-0.2, 0) is 14.3 Å². The zero-order valence-corrected chi connectivity index (χ0v) is 11.6. The van der Waals surface area contributed by atoms with Gasteiger partial charge in [-0.15, -0.1) is 0 Å². The minimum Gasteiger partial charge on any atom is -0.459 e. The zero-order valence-electron chi connectivity index (χ0n) is 11.6. The Morgan fingerprint density at radius 1 is 1.40 bits per heavy atom. The van der Waals surface area contributed by atoms with Crippen LogP contribution in [-0.4, -0.2) is 29.4 Å². The van der Waals surface area contributed by atoms with E-state index in [0.29, 0.717) is 19.4 Å². The van der Waals surface area contributed by atoms with Crippen molar-refractivity contribution in [2.75, 3.05) is 6.54 Å². The average molecular weight is 273 g/mol. The highest BCUT2D eigenvalue weighted by Gasteiger charge is 2.51. The molecule has 2 fully saturated rings. The molecule has 0 N–H and O–H groups in total. The Morgan fingerprint density at radius 3 is 2.80 bits per heavy atom. The van der Waals surface area contributed by atoms with Gasteiger partial charge in [0.25, 0.3) is 6.47 Å². The topological polar surface area (TPSA) is 46.6 Å². The normalized spacial score (nSPS) is 30.1. The quantitative estimate of drug-likeness (QED) is 0.791. The van der Waals surface area contributed by atoms with Gasteiger partial charge in [-0.05, 0) is 25.3 Å². The number of nitrogens with zero attached hydrogens (tertiary/aromatic N) is 1. The molecule has 3 atom stereocenters. The second kappa shape index (κ2) is 4.93. The third-order valence-electron chi connectivity index (χ3n) is 4.71. The first-order valence-corrected chi connectivity index (χ1v) is 7.08. The second-order valence-electron chi connectivity index (χ2n) is 6.03. The van der Waals surface area contributed by atoms with Crippen molar-refractivity contribution in [3.05, 3.63) is 35.9 Å². The predicted octanol–water partition coefficient (Wildman–Crippen LogP) is 2.30. The van der Waals surface area contributed by atoms with Crippen LogP contribution in [0.2, 0.25) is 0 Å². The molecule has 106 valence electrons. The van der Waals surface area contributed by atoms with Gasteiger partial charge in [0.1, 0.15) is 6.10 Å². The van der Waals surface area contributed by atoms with Gasteiger partial charge in [-0.1, -0.05) is 30.3 Å². The number of carbonyl (C=O) groups is 2. The van der Waals surface area contributed by atoms with Gasteiger partial charge in [0.2, 0.25) is 5.91 Å². The van der Waals surface area contributed by atoms with Gasteiger partial charge in [-0.3, -0.25) is 9.59 Å². The van der Waals surface area contributed by atoms with Crippen molar-refractivity contribution in [1.29, 1.82) is 0 Å². The number of ether oxygens (including phenoxy) is 1. The third-order valence-corrected chi connectivity index (χ3v) is 4.71. The van der Waals surface area contributed by atoms with Crippen molar-refractivity contribution in [2.45, 2.75) is 37.8 Å². The Balaban J connectivity index is 1.84. The van der Waals surface area contributed by atoms with Gasteiger partial charge in [-0.25, -0.2) is 0 Å². The molecule has 0 spiro atoms. The predicted molar refractivity (Wildman–Crippen MR) is 73.8 cm³/mol. The molecular weight excluding hydrogens is 254 g/mol. The fraction of sp³-hybridized carbons (Fsp3) is 0.500. The number of hydrogen-bond donors (Lipinski definition) is 0. The van der Waals surface area contributed by atoms with E-state index in [4.69, 9.17) is 4.74 Å². The van der Waals surface area contributed by atoms with Crippen molar-refractivity contribution in [3.63, 3.8) is 0 Å². The first-order valence-electron chi connectivity index (χ1n) is 7.08. The molecule has 0 radical (unpaired) electrons. The smallest absolute Gasteiger partial charge is 0.293 e. The number of rotatable bonds is 4. The van der Waals surface area contributed by atoms with Crippen molar-refractivity contribution >= 4 is 12.4 Å². The summed E-state index contributed by atoms with van der Waals surface area (Å²) in [7, 11) is 0. The van der Waals surface area contributed by atoms with Gasteiger partial charge in [0, 0.05) is 24.4 Å². The third kappa shape index (κ3) is 2.09. The van der Waals surface area contributed by atoms with Crippen molar-refractivity contribution in [3.8, 4) is 0 Å². The Bertz CT molecular complexity index is 516. The summed E-state index contributed by atoms with van der Waals surface area (Å²) in [6.45, 7) is 3.34. The van der Waals surface area contributed by atoms with E-state index in [2.05, 4.69) is 6.92 Å². The van der Waals surface area contributed by atoms with E-state index in [1.54, 1.807) is 0 Å². The van der Waals surface area contributed by atoms with Gasteiger partial charge < -0.3 is 9.64 Å². The maximum Gasteiger partial charge on any atom is 0.293 e. The van der Waals surface area contributed by atoms with Crippen LogP contribution in [0.4, 0.5) is 0 Å². The second-order valence-corrected chi connectivity index (χ2v) is 6.03. The van der Waals surface area contributed by atoms with E-state index in [0.717, 1.165) is 18.4 Å². The summed E-state index contributed by atoms with van der Waals surface area (Å²) in [5.41, 5.74) is 0.947. The minimum atomic E-state index is -0.260. The van der Waals surface area contributed by atoms with Crippen LogP contribution in [0, 0.1) is 5.92 Å². The molecule has 0 unspecified atom stereocenters. The number of carbonyl (C=O) groups excluding carboxylic acids is 2. The Labute approximate surface area is 118 Å². The van der Waals surface area contributed by atoms with Crippen LogP contribution in [0.15, 0.2) is 30.3 Å². The molecule has 0 aromatic heterocycles. The Morgan fingerprint density at radius 2 is 2.15 bits per heavy atom. The molecular formula is C16H19NO3. The maximum atomic E-state index is 11.9. The van der Waals surface area contributed by atoms with Crippen LogP contribution >= 0.6 is 0 Å². The molecule has 4 nitrogen and oxygen atoms in total. The molecule has 2 heterocycles. The lowest BCUT2D eigenvalue weighted by molar-refractivity contribution is -0.136. The first kappa shape index (κ1) is 13.2. The van der Waals surface area contributed by atoms with E-state index in [1.807, 2.05) is 35.2 Å². The summed E-state index contributed by atoms with van der Waals surface area (Å²) in [5.74, 6) is 0.407. The standard InChI is InChI=1S/C16H19NO3/c1-16-8-7-14(19)17(16)10-13(9-16)15(20-11-18)12-5-3-2-4-6-12/h2-6,11,13,15H,7-10H2,1H3/t13-,15+,16+/m0/s1. The monoisotopic (exact) mass is 273 g/mol. The number of amides is 1. The lowest BCUT2D eigenvalue weighted by Crippen LogP contribution is -2.37. The SMILES string of the molecule is C[C@]12CCC(=O)N1C[C@@H]([C@H](OC=O)c1ccccc1)C2. The highest BCUT2D eigenvalue weighted by molar-refractivity contribution is 5.80. The molecule has 2 saturated heterocycles. The van der Waals surface area contributed by atoms with Gasteiger partial charge in [-0.2, -0.15) is 0 Å². The average Bonchev–Trinajstić information content (AvgIpc) is 2.93. The summed E-state index contributed by atoms with van der Waals surface area (Å²) in [6, 6.07) is 9.78. The summed E-state index contributed by atoms with van der Waals surface area (Å²) >= 11 is 0. The molecule has 0 aliphatic carbocycles. The van der Waals surface area contributed by atoms with E-state index in [9.17, 15) is 9.59 Å². The van der Waals surface area contributed by atoms with Crippen molar-refractivity contribution < 1.29 is 14.3 Å².